The summed E-state index contributed by atoms with van der Waals surface area (Å²) in [6.07, 6.45) is 5.11. The third kappa shape index (κ3) is 1.10. The monoisotopic (exact) mass is 169 g/mol. The lowest BCUT2D eigenvalue weighted by molar-refractivity contribution is 0.701. The minimum Gasteiger partial charge on any atom is -0.320 e. The zero-order chi connectivity index (χ0) is 7.90. The average molecular weight is 170 g/mol. The molecule has 0 atom stereocenters. The minimum absolute atomic E-state index is 0.272. The summed E-state index contributed by atoms with van der Waals surface area (Å²) in [5.41, 5.74) is 6.35. The van der Waals surface area contributed by atoms with Crippen LogP contribution < -0.4 is 5.73 Å². The van der Waals surface area contributed by atoms with E-state index in [2.05, 4.69) is 9.97 Å². The number of nitrogens with two attached hydrogens (primary N) is 1. The van der Waals surface area contributed by atoms with Gasteiger partial charge in [-0.15, -0.1) is 0 Å². The summed E-state index contributed by atoms with van der Waals surface area (Å²) in [5, 5.41) is 0.438. The Morgan fingerprint density at radius 1 is 1.36 bits per heavy atom. The quantitative estimate of drug-likeness (QED) is 0.685. The second kappa shape index (κ2) is 2.16. The summed E-state index contributed by atoms with van der Waals surface area (Å²) in [6.45, 7) is 0. The first-order chi connectivity index (χ1) is 5.22. The molecule has 1 fully saturated rings. The molecular weight excluding hydrogens is 162 g/mol. The van der Waals surface area contributed by atoms with E-state index >= 15 is 0 Å². The van der Waals surface area contributed by atoms with Gasteiger partial charge in [-0.1, -0.05) is 11.6 Å². The van der Waals surface area contributed by atoms with E-state index in [0.717, 1.165) is 18.5 Å². The van der Waals surface area contributed by atoms with Crippen molar-refractivity contribution in [2.24, 2.45) is 5.73 Å². The van der Waals surface area contributed by atoms with Crippen LogP contribution in [0.1, 0.15) is 18.5 Å². The Balaban J connectivity index is 2.45. The van der Waals surface area contributed by atoms with Crippen molar-refractivity contribution in [3.8, 4) is 0 Å². The molecule has 0 unspecified atom stereocenters. The standard InChI is InChI=1S/C7H8ClN3/c8-6-5(7(9)1-2-7)10-3-4-11-6/h3-4H,1-2,9H2. The summed E-state index contributed by atoms with van der Waals surface area (Å²) < 4.78 is 0. The van der Waals surface area contributed by atoms with Gasteiger partial charge in [0, 0.05) is 12.4 Å². The lowest BCUT2D eigenvalue weighted by atomic mass is 10.2. The molecular formula is C7H8ClN3. The maximum atomic E-state index is 5.88. The van der Waals surface area contributed by atoms with Gasteiger partial charge in [-0.05, 0) is 12.8 Å². The van der Waals surface area contributed by atoms with E-state index in [0.29, 0.717) is 5.15 Å². The van der Waals surface area contributed by atoms with Gasteiger partial charge >= 0.3 is 0 Å². The maximum absolute atomic E-state index is 5.88. The number of hydrogen-bond acceptors (Lipinski definition) is 3. The summed E-state index contributed by atoms with van der Waals surface area (Å²) in [6, 6.07) is 0. The average Bonchev–Trinajstić information content (AvgIpc) is 2.70. The molecule has 0 radical (unpaired) electrons. The molecule has 0 saturated heterocycles. The fourth-order valence-corrected chi connectivity index (χ4v) is 1.32. The highest BCUT2D eigenvalue weighted by Gasteiger charge is 2.43. The molecule has 1 aliphatic carbocycles. The Morgan fingerprint density at radius 2 is 2.00 bits per heavy atom. The van der Waals surface area contributed by atoms with Crippen molar-refractivity contribution in [3.05, 3.63) is 23.2 Å². The highest BCUT2D eigenvalue weighted by atomic mass is 35.5. The van der Waals surface area contributed by atoms with E-state index in [1.54, 1.807) is 12.4 Å². The zero-order valence-corrected chi connectivity index (χ0v) is 6.67. The van der Waals surface area contributed by atoms with Crippen LogP contribution >= 0.6 is 11.6 Å². The first-order valence-corrected chi connectivity index (χ1v) is 3.86. The van der Waals surface area contributed by atoms with Crippen molar-refractivity contribution < 1.29 is 0 Å². The van der Waals surface area contributed by atoms with Crippen molar-refractivity contribution in [1.29, 1.82) is 0 Å². The van der Waals surface area contributed by atoms with E-state index in [1.165, 1.54) is 0 Å². The molecule has 4 heteroatoms. The Labute approximate surface area is 69.6 Å². The van der Waals surface area contributed by atoms with Crippen LogP contribution in [0.4, 0.5) is 0 Å². The van der Waals surface area contributed by atoms with Crippen LogP contribution in [0, 0.1) is 0 Å². The Bertz CT molecular complexity index is 283. The van der Waals surface area contributed by atoms with Gasteiger partial charge in [0.1, 0.15) is 0 Å². The molecule has 1 heterocycles. The molecule has 11 heavy (non-hydrogen) atoms. The second-order valence-electron chi connectivity index (χ2n) is 2.85. The number of nitrogens with zero attached hydrogens (tertiary/aromatic N) is 2. The van der Waals surface area contributed by atoms with Crippen molar-refractivity contribution in [2.75, 3.05) is 0 Å². The Morgan fingerprint density at radius 3 is 2.55 bits per heavy atom. The molecule has 3 nitrogen and oxygen atoms in total. The highest BCUT2D eigenvalue weighted by molar-refractivity contribution is 6.30. The van der Waals surface area contributed by atoms with Crippen LogP contribution in [0.2, 0.25) is 5.15 Å². The van der Waals surface area contributed by atoms with Gasteiger partial charge in [-0.25, -0.2) is 4.98 Å². The van der Waals surface area contributed by atoms with Crippen molar-refractivity contribution in [3.63, 3.8) is 0 Å². The van der Waals surface area contributed by atoms with Crippen molar-refractivity contribution in [1.82, 2.24) is 9.97 Å². The Kier molecular flexibility index (Phi) is 1.37. The van der Waals surface area contributed by atoms with E-state index < -0.39 is 0 Å². The molecule has 0 bridgehead atoms. The van der Waals surface area contributed by atoms with E-state index in [1.807, 2.05) is 0 Å². The van der Waals surface area contributed by atoms with Crippen LogP contribution in [0.25, 0.3) is 0 Å². The lowest BCUT2D eigenvalue weighted by Gasteiger charge is -2.07. The first-order valence-electron chi connectivity index (χ1n) is 3.48. The number of hydrogen-bond donors (Lipinski definition) is 1. The number of halogens is 1. The van der Waals surface area contributed by atoms with Crippen LogP contribution in [0.15, 0.2) is 12.4 Å². The predicted molar refractivity (Wildman–Crippen MR) is 42.1 cm³/mol. The van der Waals surface area contributed by atoms with Gasteiger partial charge in [-0.3, -0.25) is 4.98 Å². The van der Waals surface area contributed by atoms with Crippen LogP contribution in [-0.4, -0.2) is 9.97 Å². The number of aromatic nitrogens is 2. The third-order valence-corrected chi connectivity index (χ3v) is 2.19. The topological polar surface area (TPSA) is 51.8 Å². The molecule has 0 amide bonds. The van der Waals surface area contributed by atoms with Crippen LogP contribution in [-0.2, 0) is 5.54 Å². The van der Waals surface area contributed by atoms with Crippen LogP contribution in [0.5, 0.6) is 0 Å². The van der Waals surface area contributed by atoms with Gasteiger partial charge in [0.25, 0.3) is 0 Å². The summed E-state index contributed by atoms with van der Waals surface area (Å²) in [4.78, 5) is 8.00. The first kappa shape index (κ1) is 7.00. The lowest BCUT2D eigenvalue weighted by Crippen LogP contribution is -2.21. The molecule has 0 aromatic carbocycles. The zero-order valence-electron chi connectivity index (χ0n) is 5.92. The molecule has 0 spiro atoms. The molecule has 1 aromatic heterocycles. The van der Waals surface area contributed by atoms with Crippen LogP contribution in [0.3, 0.4) is 0 Å². The summed E-state index contributed by atoms with van der Waals surface area (Å²) in [7, 11) is 0. The highest BCUT2D eigenvalue weighted by Crippen LogP contribution is 2.43. The molecule has 1 saturated carbocycles. The molecule has 2 rings (SSSR count). The summed E-state index contributed by atoms with van der Waals surface area (Å²) in [5.74, 6) is 0. The molecule has 2 N–H and O–H groups in total. The van der Waals surface area contributed by atoms with Gasteiger partial charge in [0.05, 0.1) is 11.2 Å². The number of rotatable bonds is 1. The Hall–Kier alpha value is -0.670. The molecule has 1 aromatic rings. The van der Waals surface area contributed by atoms with E-state index in [-0.39, 0.29) is 5.54 Å². The normalized spacial score (nSPS) is 19.8. The van der Waals surface area contributed by atoms with E-state index in [4.69, 9.17) is 17.3 Å². The molecule has 0 aliphatic heterocycles. The molecule has 1 aliphatic rings. The summed E-state index contributed by atoms with van der Waals surface area (Å²) >= 11 is 5.80. The third-order valence-electron chi connectivity index (χ3n) is 1.91. The SMILES string of the molecule is NC1(c2nccnc2Cl)CC1. The fourth-order valence-electron chi connectivity index (χ4n) is 1.03. The smallest absolute Gasteiger partial charge is 0.152 e. The largest absolute Gasteiger partial charge is 0.320 e. The van der Waals surface area contributed by atoms with Gasteiger partial charge in [0.2, 0.25) is 0 Å². The minimum atomic E-state index is -0.272. The maximum Gasteiger partial charge on any atom is 0.152 e. The van der Waals surface area contributed by atoms with Gasteiger partial charge in [-0.2, -0.15) is 0 Å². The van der Waals surface area contributed by atoms with Gasteiger partial charge in [0.15, 0.2) is 5.15 Å². The van der Waals surface area contributed by atoms with E-state index in [9.17, 15) is 0 Å². The van der Waals surface area contributed by atoms with Crippen molar-refractivity contribution in [2.45, 2.75) is 18.4 Å². The van der Waals surface area contributed by atoms with Crippen molar-refractivity contribution >= 4 is 11.6 Å². The second-order valence-corrected chi connectivity index (χ2v) is 3.21. The fraction of sp³-hybridized carbons (Fsp3) is 0.429. The predicted octanol–water partition coefficient (Wildman–Crippen LogP) is 1.08. The van der Waals surface area contributed by atoms with Gasteiger partial charge < -0.3 is 5.73 Å². The molecule has 58 valence electrons.